The summed E-state index contributed by atoms with van der Waals surface area (Å²) in [5.74, 6) is 1.51. The van der Waals surface area contributed by atoms with E-state index in [9.17, 15) is 14.0 Å². The van der Waals surface area contributed by atoms with E-state index in [0.29, 0.717) is 16.5 Å². The first-order valence-electron chi connectivity index (χ1n) is 6.85. The van der Waals surface area contributed by atoms with Crippen molar-refractivity contribution in [2.24, 2.45) is 0 Å². The smallest absolute Gasteiger partial charge is 0.257 e. The Hall–Kier alpha value is -2.59. The van der Waals surface area contributed by atoms with Crippen molar-refractivity contribution in [2.45, 2.75) is 17.5 Å². The molecule has 23 heavy (non-hydrogen) atoms. The fourth-order valence-electron chi connectivity index (χ4n) is 2.55. The van der Waals surface area contributed by atoms with Crippen LogP contribution in [0.5, 0.6) is 0 Å². The monoisotopic (exact) mass is 329 g/mol. The van der Waals surface area contributed by atoms with Crippen LogP contribution in [0.25, 0.3) is 0 Å². The standard InChI is InChI=1S/C16H12FN3O2S/c1-2-7-23-16-19-14-13(15(22)20-16)10(8-12(21)18-14)9-5-3-4-6-11(9)17/h1,3-6,10H,7-8H2,(H2,18,19,20,21,22)/t10-/m1/s1. The normalized spacial score (nSPS) is 16.3. The van der Waals surface area contributed by atoms with Crippen LogP contribution < -0.4 is 10.9 Å². The Kier molecular flexibility index (Phi) is 4.17. The highest BCUT2D eigenvalue weighted by atomic mass is 32.2. The molecule has 1 aromatic heterocycles. The summed E-state index contributed by atoms with van der Waals surface area (Å²) >= 11 is 1.18. The van der Waals surface area contributed by atoms with Crippen LogP contribution in [-0.2, 0) is 4.79 Å². The first kappa shape index (κ1) is 15.3. The van der Waals surface area contributed by atoms with E-state index in [4.69, 9.17) is 6.42 Å². The van der Waals surface area contributed by atoms with Gasteiger partial charge in [0.2, 0.25) is 5.91 Å². The van der Waals surface area contributed by atoms with Crippen molar-refractivity contribution in [3.63, 3.8) is 0 Å². The molecule has 3 rings (SSSR count). The minimum absolute atomic E-state index is 0.00443. The molecule has 2 N–H and O–H groups in total. The van der Waals surface area contributed by atoms with Crippen LogP contribution in [0.4, 0.5) is 10.2 Å². The summed E-state index contributed by atoms with van der Waals surface area (Å²) in [6.45, 7) is 0. The molecule has 0 fully saturated rings. The van der Waals surface area contributed by atoms with Crippen molar-refractivity contribution in [1.29, 1.82) is 0 Å². The number of hydrogen-bond acceptors (Lipinski definition) is 4. The molecule has 7 heteroatoms. The number of nitrogens with one attached hydrogen (secondary N) is 2. The third kappa shape index (κ3) is 2.98. The SMILES string of the molecule is C#CCSc1nc2c(c(=O)[nH]1)[C@@H](c1ccccc1F)CC(=O)N2. The third-order valence-electron chi connectivity index (χ3n) is 3.50. The number of aromatic amines is 1. The van der Waals surface area contributed by atoms with Gasteiger partial charge in [-0.25, -0.2) is 9.37 Å². The number of aromatic nitrogens is 2. The van der Waals surface area contributed by atoms with Gasteiger partial charge in [0.05, 0.1) is 11.3 Å². The minimum Gasteiger partial charge on any atom is -0.310 e. The third-order valence-corrected chi connectivity index (χ3v) is 4.28. The van der Waals surface area contributed by atoms with Gasteiger partial charge < -0.3 is 10.3 Å². The second-order valence-corrected chi connectivity index (χ2v) is 5.92. The Morgan fingerprint density at radius 3 is 2.91 bits per heavy atom. The van der Waals surface area contributed by atoms with Crippen molar-refractivity contribution in [3.05, 3.63) is 51.6 Å². The molecule has 2 aromatic rings. The number of halogens is 1. The van der Waals surface area contributed by atoms with E-state index in [-0.39, 0.29) is 23.7 Å². The van der Waals surface area contributed by atoms with Gasteiger partial charge in [-0.1, -0.05) is 35.9 Å². The van der Waals surface area contributed by atoms with Crippen LogP contribution >= 0.6 is 11.8 Å². The van der Waals surface area contributed by atoms with Crippen LogP contribution in [0, 0.1) is 18.2 Å². The molecule has 0 unspecified atom stereocenters. The molecule has 0 aliphatic carbocycles. The topological polar surface area (TPSA) is 74.8 Å². The second-order valence-electron chi connectivity index (χ2n) is 4.95. The van der Waals surface area contributed by atoms with Crippen LogP contribution in [0.1, 0.15) is 23.5 Å². The van der Waals surface area contributed by atoms with E-state index in [0.717, 1.165) is 0 Å². The van der Waals surface area contributed by atoms with Crippen LogP contribution in [-0.4, -0.2) is 21.6 Å². The number of rotatable bonds is 3. The average molecular weight is 329 g/mol. The molecule has 1 aromatic carbocycles. The molecule has 0 saturated carbocycles. The van der Waals surface area contributed by atoms with Crippen molar-refractivity contribution in [1.82, 2.24) is 9.97 Å². The second kappa shape index (κ2) is 6.26. The molecule has 0 spiro atoms. The van der Waals surface area contributed by atoms with Crippen molar-refractivity contribution in [2.75, 3.05) is 11.1 Å². The lowest BCUT2D eigenvalue weighted by atomic mass is 9.86. The zero-order valence-electron chi connectivity index (χ0n) is 11.9. The quantitative estimate of drug-likeness (QED) is 0.514. The summed E-state index contributed by atoms with van der Waals surface area (Å²) in [5, 5.41) is 2.90. The Balaban J connectivity index is 2.11. The highest BCUT2D eigenvalue weighted by Gasteiger charge is 2.32. The summed E-state index contributed by atoms with van der Waals surface area (Å²) in [6, 6.07) is 6.11. The summed E-state index contributed by atoms with van der Waals surface area (Å²) in [6.07, 6.45) is 5.18. The number of fused-ring (bicyclic) bond motifs is 1. The molecule has 116 valence electrons. The number of nitrogens with zero attached hydrogens (tertiary/aromatic N) is 1. The van der Waals surface area contributed by atoms with Gasteiger partial charge in [0.25, 0.3) is 5.56 Å². The first-order valence-corrected chi connectivity index (χ1v) is 7.83. The van der Waals surface area contributed by atoms with E-state index in [1.165, 1.54) is 17.8 Å². The molecule has 0 saturated heterocycles. The highest BCUT2D eigenvalue weighted by Crippen LogP contribution is 2.35. The lowest BCUT2D eigenvalue weighted by Gasteiger charge is -2.24. The molecule has 5 nitrogen and oxygen atoms in total. The van der Waals surface area contributed by atoms with Crippen LogP contribution in [0.2, 0.25) is 0 Å². The van der Waals surface area contributed by atoms with Gasteiger partial charge >= 0.3 is 0 Å². The first-order chi connectivity index (χ1) is 11.1. The molecule has 0 radical (unpaired) electrons. The molecule has 1 aliphatic heterocycles. The minimum atomic E-state index is -0.664. The van der Waals surface area contributed by atoms with Gasteiger partial charge in [-0.15, -0.1) is 6.42 Å². The molecule has 2 heterocycles. The number of carbonyl (C=O) groups is 1. The summed E-state index contributed by atoms with van der Waals surface area (Å²) in [5.41, 5.74) is 0.169. The Bertz CT molecular complexity index is 872. The molecular weight excluding hydrogens is 317 g/mol. The molecule has 1 amide bonds. The highest BCUT2D eigenvalue weighted by molar-refractivity contribution is 7.99. The lowest BCUT2D eigenvalue weighted by Crippen LogP contribution is -2.31. The lowest BCUT2D eigenvalue weighted by molar-refractivity contribution is -0.116. The van der Waals surface area contributed by atoms with Gasteiger partial charge in [0, 0.05) is 12.3 Å². The maximum atomic E-state index is 14.1. The number of hydrogen-bond donors (Lipinski definition) is 2. The zero-order valence-corrected chi connectivity index (χ0v) is 12.7. The number of terminal acetylenes is 1. The number of H-pyrrole nitrogens is 1. The number of amides is 1. The van der Waals surface area contributed by atoms with Gasteiger partial charge in [0.15, 0.2) is 5.16 Å². The molecule has 1 atom stereocenters. The maximum Gasteiger partial charge on any atom is 0.257 e. The number of benzene rings is 1. The van der Waals surface area contributed by atoms with Gasteiger partial charge in [-0.05, 0) is 11.6 Å². The molecular formula is C16H12FN3O2S. The predicted octanol–water partition coefficient (Wildman–Crippen LogP) is 2.11. The summed E-state index contributed by atoms with van der Waals surface area (Å²) < 4.78 is 14.1. The Morgan fingerprint density at radius 2 is 2.17 bits per heavy atom. The van der Waals surface area contributed by atoms with Gasteiger partial charge in [-0.3, -0.25) is 9.59 Å². The summed E-state index contributed by atoms with van der Waals surface area (Å²) in [7, 11) is 0. The fraction of sp³-hybridized carbons (Fsp3) is 0.188. The van der Waals surface area contributed by atoms with Crippen LogP contribution in [0.3, 0.4) is 0 Å². The Labute approximate surface area is 135 Å². The van der Waals surface area contributed by atoms with Gasteiger partial charge in [0.1, 0.15) is 11.6 Å². The Morgan fingerprint density at radius 1 is 1.39 bits per heavy atom. The number of carbonyl (C=O) groups excluding carboxylic acids is 1. The zero-order chi connectivity index (χ0) is 16.4. The van der Waals surface area contributed by atoms with Crippen molar-refractivity contribution >= 4 is 23.5 Å². The van der Waals surface area contributed by atoms with E-state index in [1.807, 2.05) is 0 Å². The van der Waals surface area contributed by atoms with E-state index in [1.54, 1.807) is 18.2 Å². The molecule has 0 bridgehead atoms. The van der Waals surface area contributed by atoms with E-state index >= 15 is 0 Å². The largest absolute Gasteiger partial charge is 0.310 e. The van der Waals surface area contributed by atoms with Gasteiger partial charge in [-0.2, -0.15) is 0 Å². The maximum absolute atomic E-state index is 14.1. The number of anilines is 1. The average Bonchev–Trinajstić information content (AvgIpc) is 2.52. The summed E-state index contributed by atoms with van der Waals surface area (Å²) in [4.78, 5) is 31.2. The van der Waals surface area contributed by atoms with Crippen LogP contribution in [0.15, 0.2) is 34.2 Å². The van der Waals surface area contributed by atoms with E-state index in [2.05, 4.69) is 21.2 Å². The molecule has 1 aliphatic rings. The van der Waals surface area contributed by atoms with E-state index < -0.39 is 17.3 Å². The van der Waals surface area contributed by atoms with Crippen molar-refractivity contribution in [3.8, 4) is 12.3 Å². The predicted molar refractivity (Wildman–Crippen MR) is 85.9 cm³/mol. The fourth-order valence-corrected chi connectivity index (χ4v) is 3.09. The van der Waals surface area contributed by atoms with Crippen molar-refractivity contribution < 1.29 is 9.18 Å². The number of thioether (sulfide) groups is 1.